The maximum Gasteiger partial charge on any atom is 0.242 e. The molecule has 2 rings (SSSR count). The van der Waals surface area contributed by atoms with Gasteiger partial charge in [0.25, 0.3) is 0 Å². The smallest absolute Gasteiger partial charge is 0.242 e. The predicted octanol–water partition coefficient (Wildman–Crippen LogP) is 1.57. The van der Waals surface area contributed by atoms with E-state index in [9.17, 15) is 13.2 Å². The molecule has 1 fully saturated rings. The molecule has 6 nitrogen and oxygen atoms in total. The van der Waals surface area contributed by atoms with Crippen LogP contribution in [0.25, 0.3) is 0 Å². The minimum Gasteiger partial charge on any atom is -0.376 e. The highest BCUT2D eigenvalue weighted by atomic mass is 35.5. The highest BCUT2D eigenvalue weighted by molar-refractivity contribution is 7.89. The van der Waals surface area contributed by atoms with E-state index in [1.807, 2.05) is 0 Å². The average molecular weight is 367 g/mol. The summed E-state index contributed by atoms with van der Waals surface area (Å²) in [6, 6.07) is 4.10. The van der Waals surface area contributed by atoms with Crippen molar-refractivity contribution in [3.8, 4) is 0 Å². The van der Waals surface area contributed by atoms with E-state index in [0.717, 1.165) is 12.8 Å². The third-order valence-corrected chi connectivity index (χ3v) is 5.27. The van der Waals surface area contributed by atoms with Crippen molar-refractivity contribution in [1.82, 2.24) is 10.0 Å². The molecule has 1 atom stereocenters. The van der Waals surface area contributed by atoms with Gasteiger partial charge >= 0.3 is 0 Å². The topological polar surface area (TPSA) is 84.5 Å². The van der Waals surface area contributed by atoms with Gasteiger partial charge in [0.15, 0.2) is 0 Å². The molecule has 1 aliphatic heterocycles. The second-order valence-corrected chi connectivity index (χ2v) is 7.42. The summed E-state index contributed by atoms with van der Waals surface area (Å²) in [5, 5.41) is 2.91. The first-order valence-electron chi connectivity index (χ1n) is 6.71. The lowest BCUT2D eigenvalue weighted by Gasteiger charge is -2.12. The molecule has 2 N–H and O–H groups in total. The van der Waals surface area contributed by atoms with Crippen LogP contribution in [0.1, 0.15) is 12.8 Å². The van der Waals surface area contributed by atoms with Crippen molar-refractivity contribution in [2.24, 2.45) is 0 Å². The van der Waals surface area contributed by atoms with Crippen LogP contribution in [0, 0.1) is 0 Å². The van der Waals surface area contributed by atoms with Crippen LogP contribution in [0.3, 0.4) is 0 Å². The zero-order chi connectivity index (χ0) is 16.2. The summed E-state index contributed by atoms with van der Waals surface area (Å²) in [6.45, 7) is 0.691. The number of halogens is 2. The number of hydrogen-bond acceptors (Lipinski definition) is 4. The summed E-state index contributed by atoms with van der Waals surface area (Å²) in [7, 11) is -3.90. The average Bonchev–Trinajstić information content (AvgIpc) is 2.99. The Bertz CT molecular complexity index is 645. The van der Waals surface area contributed by atoms with Crippen LogP contribution < -0.4 is 10.0 Å². The van der Waals surface area contributed by atoms with Crippen LogP contribution in [0.4, 0.5) is 0 Å². The van der Waals surface area contributed by atoms with Crippen LogP contribution >= 0.6 is 23.2 Å². The molecule has 0 unspecified atom stereocenters. The van der Waals surface area contributed by atoms with Gasteiger partial charge in [0, 0.05) is 18.2 Å². The summed E-state index contributed by atoms with van der Waals surface area (Å²) >= 11 is 11.6. The SMILES string of the molecule is O=C(CNS(=O)(=O)c1cc(Cl)ccc1Cl)NC[C@@H]1CCCO1. The Kier molecular flexibility index (Phi) is 6.05. The summed E-state index contributed by atoms with van der Waals surface area (Å²) in [5.41, 5.74) is 0. The lowest BCUT2D eigenvalue weighted by molar-refractivity contribution is -0.120. The molecule has 1 heterocycles. The van der Waals surface area contributed by atoms with E-state index in [2.05, 4.69) is 10.0 Å². The molecule has 1 aromatic carbocycles. The molecule has 1 amide bonds. The van der Waals surface area contributed by atoms with Gasteiger partial charge in [0.1, 0.15) is 4.90 Å². The number of rotatable bonds is 6. The van der Waals surface area contributed by atoms with Crippen LogP contribution in [0.2, 0.25) is 10.0 Å². The number of nitrogens with one attached hydrogen (secondary N) is 2. The van der Waals surface area contributed by atoms with Crippen molar-refractivity contribution in [3.05, 3.63) is 28.2 Å². The predicted molar refractivity (Wildman–Crippen MR) is 83.6 cm³/mol. The van der Waals surface area contributed by atoms with Gasteiger partial charge < -0.3 is 10.1 Å². The molecule has 0 aliphatic carbocycles. The quantitative estimate of drug-likeness (QED) is 0.799. The van der Waals surface area contributed by atoms with Crippen LogP contribution in [0.15, 0.2) is 23.1 Å². The Morgan fingerprint density at radius 2 is 2.14 bits per heavy atom. The van der Waals surface area contributed by atoms with Gasteiger partial charge in [-0.05, 0) is 31.0 Å². The van der Waals surface area contributed by atoms with Crippen LogP contribution in [-0.4, -0.2) is 40.1 Å². The Morgan fingerprint density at radius 3 is 2.82 bits per heavy atom. The monoisotopic (exact) mass is 366 g/mol. The van der Waals surface area contributed by atoms with E-state index in [1.165, 1.54) is 18.2 Å². The van der Waals surface area contributed by atoms with Crippen molar-refractivity contribution in [2.75, 3.05) is 19.7 Å². The Morgan fingerprint density at radius 1 is 1.36 bits per heavy atom. The molecule has 22 heavy (non-hydrogen) atoms. The van der Waals surface area contributed by atoms with E-state index in [1.54, 1.807) is 0 Å². The van der Waals surface area contributed by atoms with Gasteiger partial charge in [0.2, 0.25) is 15.9 Å². The molecule has 0 saturated carbocycles. The van der Waals surface area contributed by atoms with E-state index in [-0.39, 0.29) is 27.6 Å². The molecule has 9 heteroatoms. The second kappa shape index (κ2) is 7.61. The fraction of sp³-hybridized carbons (Fsp3) is 0.462. The minimum absolute atomic E-state index is 0.00271. The molecular weight excluding hydrogens is 351 g/mol. The first-order chi connectivity index (χ1) is 10.4. The molecular formula is C13H16Cl2N2O4S. The van der Waals surface area contributed by atoms with Crippen molar-refractivity contribution in [2.45, 2.75) is 23.8 Å². The molecule has 1 saturated heterocycles. The zero-order valence-corrected chi connectivity index (χ0v) is 14.0. The van der Waals surface area contributed by atoms with Crippen molar-refractivity contribution < 1.29 is 17.9 Å². The van der Waals surface area contributed by atoms with Crippen LogP contribution in [-0.2, 0) is 19.6 Å². The minimum atomic E-state index is -3.90. The molecule has 0 radical (unpaired) electrons. The molecule has 0 bridgehead atoms. The molecule has 1 aliphatic rings. The van der Waals surface area contributed by atoms with E-state index in [0.29, 0.717) is 13.2 Å². The Balaban J connectivity index is 1.88. The number of amides is 1. The van der Waals surface area contributed by atoms with Crippen LogP contribution in [0.5, 0.6) is 0 Å². The van der Waals surface area contributed by atoms with Gasteiger partial charge in [-0.25, -0.2) is 13.1 Å². The zero-order valence-electron chi connectivity index (χ0n) is 11.6. The van der Waals surface area contributed by atoms with Gasteiger partial charge in [-0.3, -0.25) is 4.79 Å². The number of ether oxygens (including phenoxy) is 1. The maximum atomic E-state index is 12.1. The van der Waals surface area contributed by atoms with E-state index >= 15 is 0 Å². The van der Waals surface area contributed by atoms with Crippen molar-refractivity contribution in [1.29, 1.82) is 0 Å². The van der Waals surface area contributed by atoms with Gasteiger partial charge in [-0.2, -0.15) is 0 Å². The summed E-state index contributed by atoms with van der Waals surface area (Å²) < 4.78 is 31.8. The number of hydrogen-bond donors (Lipinski definition) is 2. The standard InChI is InChI=1S/C13H16Cl2N2O4S/c14-9-3-4-11(15)12(6-9)22(19,20)17-8-13(18)16-7-10-2-1-5-21-10/h3-4,6,10,17H,1-2,5,7-8H2,(H,16,18)/t10-/m0/s1. The first kappa shape index (κ1) is 17.5. The van der Waals surface area contributed by atoms with Crippen molar-refractivity contribution in [3.63, 3.8) is 0 Å². The number of carbonyl (C=O) groups excluding carboxylic acids is 1. The molecule has 1 aromatic rings. The normalized spacial score (nSPS) is 18.4. The Hall–Kier alpha value is -0.860. The number of benzene rings is 1. The first-order valence-corrected chi connectivity index (χ1v) is 8.95. The highest BCUT2D eigenvalue weighted by Gasteiger charge is 2.20. The van der Waals surface area contributed by atoms with E-state index in [4.69, 9.17) is 27.9 Å². The lowest BCUT2D eigenvalue weighted by atomic mass is 10.2. The second-order valence-electron chi connectivity index (χ2n) is 4.84. The third-order valence-electron chi connectivity index (χ3n) is 3.16. The summed E-state index contributed by atoms with van der Waals surface area (Å²) in [5.74, 6) is -0.433. The fourth-order valence-corrected chi connectivity index (χ4v) is 3.76. The van der Waals surface area contributed by atoms with Gasteiger partial charge in [-0.15, -0.1) is 0 Å². The highest BCUT2D eigenvalue weighted by Crippen LogP contribution is 2.24. The molecule has 122 valence electrons. The number of carbonyl (C=O) groups is 1. The van der Waals surface area contributed by atoms with Gasteiger partial charge in [0.05, 0.1) is 17.7 Å². The third kappa shape index (κ3) is 4.82. The summed E-state index contributed by atoms with van der Waals surface area (Å²) in [6.07, 6.45) is 1.87. The van der Waals surface area contributed by atoms with E-state index < -0.39 is 15.9 Å². The van der Waals surface area contributed by atoms with Gasteiger partial charge in [-0.1, -0.05) is 23.2 Å². The Labute approximate surface area is 139 Å². The van der Waals surface area contributed by atoms with Crippen molar-refractivity contribution >= 4 is 39.1 Å². The fourth-order valence-electron chi connectivity index (χ4n) is 2.02. The maximum absolute atomic E-state index is 12.1. The number of sulfonamides is 1. The molecule has 0 spiro atoms. The summed E-state index contributed by atoms with van der Waals surface area (Å²) in [4.78, 5) is 11.5. The largest absolute Gasteiger partial charge is 0.376 e. The lowest BCUT2D eigenvalue weighted by Crippen LogP contribution is -2.39. The molecule has 0 aromatic heterocycles.